The lowest BCUT2D eigenvalue weighted by Crippen LogP contribution is -2.58. The van der Waals surface area contributed by atoms with Gasteiger partial charge in [-0.05, 0) is 27.7 Å². The van der Waals surface area contributed by atoms with Crippen molar-refractivity contribution in [2.24, 2.45) is 0 Å². The third kappa shape index (κ3) is 7.28. The molecule has 0 N–H and O–H groups in total. The number of rotatable bonds is 8. The highest BCUT2D eigenvalue weighted by Gasteiger charge is 2.50. The van der Waals surface area contributed by atoms with Gasteiger partial charge in [-0.2, -0.15) is 0 Å². The van der Waals surface area contributed by atoms with Crippen molar-refractivity contribution in [2.45, 2.75) is 51.9 Å². The predicted octanol–water partition coefficient (Wildman–Crippen LogP) is 4.32. The van der Waals surface area contributed by atoms with E-state index in [4.69, 9.17) is 16.5 Å². The van der Waals surface area contributed by atoms with Crippen molar-refractivity contribution in [1.82, 2.24) is 0 Å². The monoisotopic (exact) mass is 396 g/mol. The molecule has 1 aliphatic rings. The van der Waals surface area contributed by atoms with Gasteiger partial charge >= 0.3 is 37.1 Å². The van der Waals surface area contributed by atoms with Crippen molar-refractivity contribution in [3.63, 3.8) is 0 Å². The van der Waals surface area contributed by atoms with E-state index in [1.54, 1.807) is 0 Å². The van der Waals surface area contributed by atoms with Crippen molar-refractivity contribution in [3.05, 3.63) is 48.6 Å². The molecule has 132 valence electrons. The third-order valence-electron chi connectivity index (χ3n) is 3.20. The lowest BCUT2D eigenvalue weighted by Gasteiger charge is -2.42. The van der Waals surface area contributed by atoms with Crippen LogP contribution in [-0.2, 0) is 16.5 Å². The fourth-order valence-electron chi connectivity index (χ4n) is 2.84. The van der Waals surface area contributed by atoms with Gasteiger partial charge in [-0.3, -0.25) is 0 Å². The van der Waals surface area contributed by atoms with Crippen LogP contribution in [0, 0.1) is 0 Å². The molecule has 4 nitrogen and oxygen atoms in total. The summed E-state index contributed by atoms with van der Waals surface area (Å²) in [5, 5.41) is 0. The fourth-order valence-corrected chi connectivity index (χ4v) is 15.3. The molecule has 8 heteroatoms. The molecule has 0 aliphatic carbocycles. The summed E-state index contributed by atoms with van der Waals surface area (Å²) < 4.78 is 24.9. The molecule has 0 spiro atoms. The van der Waals surface area contributed by atoms with Crippen LogP contribution in [0.2, 0.25) is 24.2 Å². The van der Waals surface area contributed by atoms with Gasteiger partial charge in [0.2, 0.25) is 0 Å². The van der Waals surface area contributed by atoms with Gasteiger partial charge in [0.05, 0.1) is 0 Å². The molecule has 1 heterocycles. The lowest BCUT2D eigenvalue weighted by molar-refractivity contribution is 0.272. The number of hydrogen-bond acceptors (Lipinski definition) is 4. The first kappa shape index (κ1) is 21.7. The Bertz CT molecular complexity index is 442. The minimum absolute atomic E-state index is 0.0721. The Balaban J connectivity index is 3.28. The molecule has 0 aromatic rings. The maximum atomic E-state index is 6.83. The summed E-state index contributed by atoms with van der Waals surface area (Å²) in [6.07, 6.45) is 0. The standard InChI is InChI=1S/C16H28O4Si4/c1-13(2)9-23(10-14(3)4)18-21-17-22-19-24(20-23,11-15(5)6)12-16(7)8/h1,3,5,7,9-12H2,2,4,6,8H3. The highest BCUT2D eigenvalue weighted by molar-refractivity contribution is 6.86. The fraction of sp³-hybridized carbons (Fsp3) is 0.500. The summed E-state index contributed by atoms with van der Waals surface area (Å²) in [7, 11) is -5.37. The number of hydrogen-bond donors (Lipinski definition) is 0. The molecule has 0 aromatic heterocycles. The van der Waals surface area contributed by atoms with Crippen LogP contribution in [0.25, 0.3) is 0 Å². The summed E-state index contributed by atoms with van der Waals surface area (Å²) >= 11 is 0. The second-order valence-electron chi connectivity index (χ2n) is 6.93. The topological polar surface area (TPSA) is 36.9 Å². The molecule has 0 bridgehead atoms. The molecule has 1 rings (SSSR count). The minimum Gasteiger partial charge on any atom is -0.415 e. The zero-order valence-corrected chi connectivity index (χ0v) is 19.3. The third-order valence-corrected chi connectivity index (χ3v) is 15.0. The van der Waals surface area contributed by atoms with Crippen molar-refractivity contribution < 1.29 is 16.5 Å². The Morgan fingerprint density at radius 2 is 0.958 bits per heavy atom. The summed E-state index contributed by atoms with van der Waals surface area (Å²) in [4.78, 5) is 0. The second kappa shape index (κ2) is 9.39. The van der Waals surface area contributed by atoms with E-state index >= 15 is 0 Å². The molecule has 1 saturated heterocycles. The van der Waals surface area contributed by atoms with Crippen LogP contribution in [0.1, 0.15) is 27.7 Å². The predicted molar refractivity (Wildman–Crippen MR) is 106 cm³/mol. The lowest BCUT2D eigenvalue weighted by atomic mass is 10.4. The first-order chi connectivity index (χ1) is 11.1. The largest absolute Gasteiger partial charge is 0.415 e. The normalized spacial score (nSPS) is 19.8. The molecule has 1 aliphatic heterocycles. The molecular weight excluding hydrogens is 369 g/mol. The van der Waals surface area contributed by atoms with Gasteiger partial charge in [0, 0.05) is 24.2 Å². The van der Waals surface area contributed by atoms with Gasteiger partial charge in [0.1, 0.15) is 0 Å². The Kier molecular flexibility index (Phi) is 8.49. The van der Waals surface area contributed by atoms with Crippen molar-refractivity contribution in [1.29, 1.82) is 0 Å². The Hall–Kier alpha value is -0.332. The highest BCUT2D eigenvalue weighted by atomic mass is 28.5. The zero-order valence-electron chi connectivity index (χ0n) is 15.3. The van der Waals surface area contributed by atoms with Gasteiger partial charge in [0.15, 0.2) is 0 Å². The SMILES string of the molecule is C=C(C)C[Si]1(CC(=C)C)O[Si]O[Si]O[Si](CC(=C)C)(CC(=C)C)O1. The summed E-state index contributed by atoms with van der Waals surface area (Å²) in [5.41, 5.74) is 4.18. The summed E-state index contributed by atoms with van der Waals surface area (Å²) in [6.45, 7) is 24.3. The van der Waals surface area contributed by atoms with Gasteiger partial charge in [-0.25, -0.2) is 0 Å². The smallest absolute Gasteiger partial charge is 0.413 e. The zero-order chi connectivity index (χ0) is 18.4. The van der Waals surface area contributed by atoms with Crippen LogP contribution < -0.4 is 0 Å². The molecule has 0 aromatic carbocycles. The van der Waals surface area contributed by atoms with Crippen LogP contribution in [0.15, 0.2) is 48.6 Å². The van der Waals surface area contributed by atoms with E-state index in [-0.39, 0.29) is 20.0 Å². The highest BCUT2D eigenvalue weighted by Crippen LogP contribution is 2.36. The number of allylic oxidation sites excluding steroid dienone is 4. The van der Waals surface area contributed by atoms with Gasteiger partial charge in [-0.1, -0.05) is 22.3 Å². The molecule has 24 heavy (non-hydrogen) atoms. The second-order valence-corrected chi connectivity index (χ2v) is 15.6. The average molecular weight is 397 g/mol. The van der Waals surface area contributed by atoms with Crippen LogP contribution in [0.3, 0.4) is 0 Å². The van der Waals surface area contributed by atoms with E-state index in [1.165, 1.54) is 0 Å². The van der Waals surface area contributed by atoms with E-state index in [0.717, 1.165) is 22.3 Å². The summed E-state index contributed by atoms with van der Waals surface area (Å²) in [6, 6.07) is 2.85. The quantitative estimate of drug-likeness (QED) is 0.452. The molecule has 0 unspecified atom stereocenters. The van der Waals surface area contributed by atoms with E-state index in [9.17, 15) is 0 Å². The van der Waals surface area contributed by atoms with Crippen LogP contribution >= 0.6 is 0 Å². The van der Waals surface area contributed by atoms with Crippen molar-refractivity contribution in [3.8, 4) is 0 Å². The minimum atomic E-state index is -2.61. The Morgan fingerprint density at radius 1 is 0.667 bits per heavy atom. The Morgan fingerprint density at radius 3 is 1.21 bits per heavy atom. The van der Waals surface area contributed by atoms with Gasteiger partial charge in [-0.15, -0.1) is 26.3 Å². The molecule has 0 saturated carbocycles. The molecule has 0 atom stereocenters. The van der Waals surface area contributed by atoms with Crippen LogP contribution in [-0.4, -0.2) is 37.1 Å². The van der Waals surface area contributed by atoms with E-state index in [2.05, 4.69) is 26.3 Å². The van der Waals surface area contributed by atoms with Crippen molar-refractivity contribution in [2.75, 3.05) is 0 Å². The molecule has 4 radical (unpaired) electrons. The first-order valence-corrected chi connectivity index (χ1v) is 14.0. The molecular formula is C16H28O4Si4. The van der Waals surface area contributed by atoms with Gasteiger partial charge in [0.25, 0.3) is 0 Å². The Labute approximate surface area is 154 Å². The summed E-state index contributed by atoms with van der Waals surface area (Å²) in [5.74, 6) is 0. The molecule has 1 fully saturated rings. The van der Waals surface area contributed by atoms with E-state index < -0.39 is 17.1 Å². The van der Waals surface area contributed by atoms with E-state index in [0.29, 0.717) is 24.2 Å². The average Bonchev–Trinajstić information content (AvgIpc) is 2.32. The van der Waals surface area contributed by atoms with Crippen LogP contribution in [0.4, 0.5) is 0 Å². The first-order valence-electron chi connectivity index (χ1n) is 7.88. The van der Waals surface area contributed by atoms with Gasteiger partial charge < -0.3 is 16.5 Å². The van der Waals surface area contributed by atoms with Crippen LogP contribution in [0.5, 0.6) is 0 Å². The maximum absolute atomic E-state index is 6.83. The molecule has 0 amide bonds. The van der Waals surface area contributed by atoms with Crippen molar-refractivity contribution >= 4 is 37.1 Å². The van der Waals surface area contributed by atoms with E-state index in [1.807, 2.05) is 27.7 Å². The maximum Gasteiger partial charge on any atom is 0.413 e.